The third-order valence-corrected chi connectivity index (χ3v) is 4.09. The first kappa shape index (κ1) is 16.4. The van der Waals surface area contributed by atoms with Gasteiger partial charge in [-0.25, -0.2) is 8.42 Å². The number of hydrogen-bond donors (Lipinski definition) is 2. The van der Waals surface area contributed by atoms with Crippen molar-refractivity contribution in [2.75, 3.05) is 22.6 Å². The highest BCUT2D eigenvalue weighted by Gasteiger charge is 2.09. The molecule has 0 aliphatic carbocycles. The van der Waals surface area contributed by atoms with Crippen molar-refractivity contribution in [3.05, 3.63) is 54.1 Å². The summed E-state index contributed by atoms with van der Waals surface area (Å²) in [6.07, 6.45) is 3.02. The Kier molecular flexibility index (Phi) is 5.10. The minimum absolute atomic E-state index is 0.296. The van der Waals surface area contributed by atoms with Gasteiger partial charge in [0.15, 0.2) is 0 Å². The molecule has 0 fully saturated rings. The van der Waals surface area contributed by atoms with Crippen LogP contribution >= 0.6 is 11.8 Å². The van der Waals surface area contributed by atoms with Crippen molar-refractivity contribution in [2.24, 2.45) is 0 Å². The number of thioether (sulfide) groups is 1. The molecule has 0 radical (unpaired) electrons. The van der Waals surface area contributed by atoms with Crippen molar-refractivity contribution in [3.63, 3.8) is 0 Å². The molecule has 2 rings (SSSR count). The summed E-state index contributed by atoms with van der Waals surface area (Å²) in [4.78, 5) is 13.3. The molecule has 7 heteroatoms. The van der Waals surface area contributed by atoms with Crippen molar-refractivity contribution >= 4 is 39.1 Å². The molecule has 0 saturated carbocycles. The summed E-state index contributed by atoms with van der Waals surface area (Å²) in [5.41, 5.74) is 1.43. The van der Waals surface area contributed by atoms with Crippen LogP contribution in [0.4, 0.5) is 11.4 Å². The normalized spacial score (nSPS) is 11.0. The Morgan fingerprint density at radius 3 is 2.41 bits per heavy atom. The molecule has 116 valence electrons. The zero-order chi connectivity index (χ0) is 16.2. The van der Waals surface area contributed by atoms with Crippen LogP contribution in [0, 0.1) is 0 Å². The molecule has 2 aromatic carbocycles. The number of anilines is 2. The molecule has 0 aliphatic heterocycles. The van der Waals surface area contributed by atoms with E-state index in [2.05, 4.69) is 10.0 Å². The van der Waals surface area contributed by atoms with Crippen molar-refractivity contribution in [1.82, 2.24) is 0 Å². The Hall–Kier alpha value is -1.99. The van der Waals surface area contributed by atoms with E-state index in [0.717, 1.165) is 11.2 Å². The van der Waals surface area contributed by atoms with Gasteiger partial charge in [-0.1, -0.05) is 12.1 Å². The first-order valence-electron chi connectivity index (χ1n) is 6.40. The zero-order valence-corrected chi connectivity index (χ0v) is 13.8. The van der Waals surface area contributed by atoms with E-state index < -0.39 is 10.0 Å². The molecular formula is C15H16N2O3S2. The number of carbonyl (C=O) groups excluding carboxylic acids is 1. The summed E-state index contributed by atoms with van der Waals surface area (Å²) in [5.74, 6) is -0.296. The Bertz CT molecular complexity index is 789. The molecule has 1 amide bonds. The molecule has 0 bridgehead atoms. The van der Waals surface area contributed by atoms with E-state index in [-0.39, 0.29) is 5.91 Å². The second-order valence-electron chi connectivity index (χ2n) is 4.64. The Morgan fingerprint density at radius 1 is 1.05 bits per heavy atom. The van der Waals surface area contributed by atoms with Crippen LogP contribution in [0.5, 0.6) is 0 Å². The molecule has 0 unspecified atom stereocenters. The predicted molar refractivity (Wildman–Crippen MR) is 91.1 cm³/mol. The average Bonchev–Trinajstić information content (AvgIpc) is 2.46. The summed E-state index contributed by atoms with van der Waals surface area (Å²) >= 11 is 1.59. The van der Waals surface area contributed by atoms with Crippen molar-refractivity contribution < 1.29 is 13.2 Å². The maximum Gasteiger partial charge on any atom is 0.255 e. The first-order valence-corrected chi connectivity index (χ1v) is 9.52. The first-order chi connectivity index (χ1) is 10.4. The second kappa shape index (κ2) is 6.85. The number of sulfonamides is 1. The van der Waals surface area contributed by atoms with Gasteiger partial charge in [0.05, 0.1) is 6.26 Å². The maximum absolute atomic E-state index is 12.2. The van der Waals surface area contributed by atoms with E-state index >= 15 is 0 Å². The largest absolute Gasteiger partial charge is 0.322 e. The van der Waals surface area contributed by atoms with Gasteiger partial charge in [-0.2, -0.15) is 0 Å². The number of rotatable bonds is 5. The third-order valence-electron chi connectivity index (χ3n) is 2.76. The maximum atomic E-state index is 12.2. The van der Waals surface area contributed by atoms with Crippen LogP contribution in [0.2, 0.25) is 0 Å². The van der Waals surface area contributed by atoms with Gasteiger partial charge >= 0.3 is 0 Å². The van der Waals surface area contributed by atoms with Gasteiger partial charge in [-0.3, -0.25) is 9.52 Å². The van der Waals surface area contributed by atoms with E-state index in [1.54, 1.807) is 36.0 Å². The Balaban J connectivity index is 2.17. The van der Waals surface area contributed by atoms with Crippen molar-refractivity contribution in [3.8, 4) is 0 Å². The van der Waals surface area contributed by atoms with Gasteiger partial charge in [0.2, 0.25) is 10.0 Å². The quantitative estimate of drug-likeness (QED) is 0.823. The number of amides is 1. The van der Waals surface area contributed by atoms with E-state index in [0.29, 0.717) is 16.9 Å². The van der Waals surface area contributed by atoms with E-state index in [4.69, 9.17) is 0 Å². The number of carbonyl (C=O) groups is 1. The Labute approximate surface area is 134 Å². The van der Waals surface area contributed by atoms with Crippen LogP contribution in [-0.2, 0) is 10.0 Å². The van der Waals surface area contributed by atoms with Gasteiger partial charge < -0.3 is 5.32 Å². The van der Waals surface area contributed by atoms with Gasteiger partial charge in [0.1, 0.15) is 0 Å². The second-order valence-corrected chi connectivity index (χ2v) is 7.27. The molecule has 0 saturated heterocycles. The van der Waals surface area contributed by atoms with Crippen LogP contribution in [0.15, 0.2) is 53.4 Å². The molecule has 22 heavy (non-hydrogen) atoms. The molecule has 0 aromatic heterocycles. The van der Waals surface area contributed by atoms with Crippen LogP contribution in [0.3, 0.4) is 0 Å². The van der Waals surface area contributed by atoms with E-state index in [1.807, 2.05) is 24.5 Å². The SMILES string of the molecule is CSc1cccc(NC(=O)c2cccc(NS(C)(=O)=O)c2)c1. The molecule has 0 aliphatic rings. The fourth-order valence-electron chi connectivity index (χ4n) is 1.84. The molecule has 2 N–H and O–H groups in total. The fraction of sp³-hybridized carbons (Fsp3) is 0.133. The predicted octanol–water partition coefficient (Wildman–Crippen LogP) is 3.03. The third kappa shape index (κ3) is 4.78. The lowest BCUT2D eigenvalue weighted by Gasteiger charge is -2.08. The smallest absolute Gasteiger partial charge is 0.255 e. The van der Waals surface area contributed by atoms with Crippen molar-refractivity contribution in [1.29, 1.82) is 0 Å². The van der Waals surface area contributed by atoms with E-state index in [1.165, 1.54) is 6.07 Å². The minimum Gasteiger partial charge on any atom is -0.322 e. The highest BCUT2D eigenvalue weighted by molar-refractivity contribution is 7.98. The molecule has 0 heterocycles. The number of hydrogen-bond acceptors (Lipinski definition) is 4. The summed E-state index contributed by atoms with van der Waals surface area (Å²) in [7, 11) is -3.37. The van der Waals surface area contributed by atoms with Crippen molar-refractivity contribution in [2.45, 2.75) is 4.90 Å². The highest BCUT2D eigenvalue weighted by Crippen LogP contribution is 2.20. The Morgan fingerprint density at radius 2 is 1.73 bits per heavy atom. The van der Waals surface area contributed by atoms with Crippen LogP contribution in [-0.4, -0.2) is 26.8 Å². The average molecular weight is 336 g/mol. The van der Waals surface area contributed by atoms with Crippen LogP contribution in [0.25, 0.3) is 0 Å². The van der Waals surface area contributed by atoms with Crippen LogP contribution in [0.1, 0.15) is 10.4 Å². The van der Waals surface area contributed by atoms with Gasteiger partial charge in [-0.15, -0.1) is 11.8 Å². The lowest BCUT2D eigenvalue weighted by molar-refractivity contribution is 0.102. The van der Waals surface area contributed by atoms with Gasteiger partial charge in [0.25, 0.3) is 5.91 Å². The number of nitrogens with one attached hydrogen (secondary N) is 2. The van der Waals surface area contributed by atoms with Crippen LogP contribution < -0.4 is 10.0 Å². The van der Waals surface area contributed by atoms with E-state index in [9.17, 15) is 13.2 Å². The molecular weight excluding hydrogens is 320 g/mol. The summed E-state index contributed by atoms with van der Waals surface area (Å²) in [6.45, 7) is 0. The summed E-state index contributed by atoms with van der Waals surface area (Å²) in [6, 6.07) is 13.8. The summed E-state index contributed by atoms with van der Waals surface area (Å²) in [5, 5.41) is 2.79. The monoisotopic (exact) mass is 336 g/mol. The molecule has 2 aromatic rings. The lowest BCUT2D eigenvalue weighted by atomic mass is 10.2. The molecule has 0 spiro atoms. The van der Waals surface area contributed by atoms with Gasteiger partial charge in [0, 0.05) is 21.8 Å². The number of benzene rings is 2. The minimum atomic E-state index is -3.37. The van der Waals surface area contributed by atoms with Gasteiger partial charge in [-0.05, 0) is 42.7 Å². The summed E-state index contributed by atoms with van der Waals surface area (Å²) < 4.78 is 24.8. The fourth-order valence-corrected chi connectivity index (χ4v) is 2.86. The highest BCUT2D eigenvalue weighted by atomic mass is 32.2. The molecule has 5 nitrogen and oxygen atoms in total. The topological polar surface area (TPSA) is 75.3 Å². The zero-order valence-electron chi connectivity index (χ0n) is 12.2. The standard InChI is InChI=1S/C15H16N2O3S2/c1-21-14-8-4-6-12(10-14)16-15(18)11-5-3-7-13(9-11)17-22(2,19)20/h3-10,17H,1-2H3,(H,16,18). The molecule has 0 atom stereocenters. The lowest BCUT2D eigenvalue weighted by Crippen LogP contribution is -2.13.